The lowest BCUT2D eigenvalue weighted by molar-refractivity contribution is -0.142. The molecule has 0 bridgehead atoms. The number of amides is 1. The maximum Gasteiger partial charge on any atom is 0.411 e. The van der Waals surface area contributed by atoms with E-state index < -0.39 is 35.6 Å². The normalized spacial score (nSPS) is 20.0. The molecular weight excluding hydrogens is 331 g/mol. The van der Waals surface area contributed by atoms with E-state index in [0.29, 0.717) is 0 Å². The standard InChI is InChI=1S/C17H19FN2O5/c1-17(2,3)25-16(23)20-9-12(7-14(20)15(21)22)24-11-5-4-10(8-19)13(18)6-11/h4-6,12,14H,7,9H2,1-3H3,(H,21,22)/t12-,14+/m1/s1. The van der Waals surface area contributed by atoms with Gasteiger partial charge in [0.25, 0.3) is 0 Å². The molecule has 1 aliphatic heterocycles. The van der Waals surface area contributed by atoms with Gasteiger partial charge in [-0.15, -0.1) is 0 Å². The zero-order valence-electron chi connectivity index (χ0n) is 14.2. The fourth-order valence-corrected chi connectivity index (χ4v) is 2.49. The number of aliphatic carboxylic acids is 1. The molecule has 0 aromatic heterocycles. The number of nitriles is 1. The molecule has 0 saturated carbocycles. The summed E-state index contributed by atoms with van der Waals surface area (Å²) in [5.74, 6) is -1.73. The number of carbonyl (C=O) groups is 2. The zero-order chi connectivity index (χ0) is 18.8. The Morgan fingerprint density at radius 1 is 1.40 bits per heavy atom. The Kier molecular flexibility index (Phi) is 5.16. The summed E-state index contributed by atoms with van der Waals surface area (Å²) in [7, 11) is 0. The zero-order valence-corrected chi connectivity index (χ0v) is 14.2. The van der Waals surface area contributed by atoms with Crippen LogP contribution in [0.15, 0.2) is 18.2 Å². The van der Waals surface area contributed by atoms with E-state index in [9.17, 15) is 19.1 Å². The Bertz CT molecular complexity index is 723. The maximum absolute atomic E-state index is 13.6. The molecule has 0 unspecified atom stereocenters. The quantitative estimate of drug-likeness (QED) is 0.899. The van der Waals surface area contributed by atoms with Crippen LogP contribution in [0.4, 0.5) is 9.18 Å². The van der Waals surface area contributed by atoms with Gasteiger partial charge in [0.05, 0.1) is 12.1 Å². The monoisotopic (exact) mass is 350 g/mol. The van der Waals surface area contributed by atoms with Gasteiger partial charge in [-0.1, -0.05) is 0 Å². The van der Waals surface area contributed by atoms with E-state index in [4.69, 9.17) is 14.7 Å². The minimum Gasteiger partial charge on any atom is -0.488 e. The van der Waals surface area contributed by atoms with Crippen LogP contribution >= 0.6 is 0 Å². The summed E-state index contributed by atoms with van der Waals surface area (Å²) in [6.07, 6.45) is -1.31. The van der Waals surface area contributed by atoms with E-state index in [2.05, 4.69) is 0 Å². The Balaban J connectivity index is 2.11. The minimum absolute atomic E-state index is 0.00744. The predicted octanol–water partition coefficient (Wildman–Crippen LogP) is 2.54. The van der Waals surface area contributed by atoms with Crippen LogP contribution < -0.4 is 4.74 Å². The minimum atomic E-state index is -1.16. The summed E-state index contributed by atoms with van der Waals surface area (Å²) in [5, 5.41) is 18.0. The lowest BCUT2D eigenvalue weighted by Gasteiger charge is -2.26. The third-order valence-corrected chi connectivity index (χ3v) is 3.54. The van der Waals surface area contributed by atoms with Crippen molar-refractivity contribution in [2.45, 2.75) is 44.9 Å². The van der Waals surface area contributed by atoms with Crippen molar-refractivity contribution in [2.75, 3.05) is 6.54 Å². The summed E-state index contributed by atoms with van der Waals surface area (Å²) in [4.78, 5) is 24.7. The molecule has 7 nitrogen and oxygen atoms in total. The number of ether oxygens (including phenoxy) is 2. The molecule has 2 atom stereocenters. The van der Waals surface area contributed by atoms with Crippen LogP contribution in [-0.2, 0) is 9.53 Å². The van der Waals surface area contributed by atoms with Gasteiger partial charge in [0, 0.05) is 12.5 Å². The highest BCUT2D eigenvalue weighted by molar-refractivity contribution is 5.81. The van der Waals surface area contributed by atoms with Crippen LogP contribution in [0.3, 0.4) is 0 Å². The molecule has 2 rings (SSSR count). The van der Waals surface area contributed by atoms with Crippen molar-refractivity contribution in [3.05, 3.63) is 29.6 Å². The number of carbonyl (C=O) groups excluding carboxylic acids is 1. The second kappa shape index (κ2) is 6.97. The van der Waals surface area contributed by atoms with Crippen molar-refractivity contribution in [3.8, 4) is 11.8 Å². The van der Waals surface area contributed by atoms with Crippen molar-refractivity contribution >= 4 is 12.1 Å². The van der Waals surface area contributed by atoms with E-state index >= 15 is 0 Å². The number of halogens is 1. The first-order chi connectivity index (χ1) is 11.6. The molecule has 1 fully saturated rings. The summed E-state index contributed by atoms with van der Waals surface area (Å²) < 4.78 is 24.4. The van der Waals surface area contributed by atoms with Gasteiger partial charge in [-0.2, -0.15) is 5.26 Å². The summed E-state index contributed by atoms with van der Waals surface area (Å²) in [6.45, 7) is 5.06. The molecule has 25 heavy (non-hydrogen) atoms. The van der Waals surface area contributed by atoms with Gasteiger partial charge in [0.1, 0.15) is 35.4 Å². The largest absolute Gasteiger partial charge is 0.488 e. The lowest BCUT2D eigenvalue weighted by atomic mass is 10.2. The number of nitrogens with zero attached hydrogens (tertiary/aromatic N) is 2. The van der Waals surface area contributed by atoms with Gasteiger partial charge in [0.15, 0.2) is 0 Å². The number of carboxylic acid groups (broad SMARTS) is 1. The van der Waals surface area contributed by atoms with Gasteiger partial charge < -0.3 is 14.6 Å². The van der Waals surface area contributed by atoms with Gasteiger partial charge in [-0.05, 0) is 32.9 Å². The number of benzene rings is 1. The average Bonchev–Trinajstić information content (AvgIpc) is 2.90. The molecule has 1 aliphatic rings. The molecule has 134 valence electrons. The maximum atomic E-state index is 13.6. The van der Waals surface area contributed by atoms with E-state index in [1.54, 1.807) is 26.8 Å². The number of carboxylic acids is 1. The second-order valence-electron chi connectivity index (χ2n) is 6.72. The molecule has 1 heterocycles. The molecule has 1 N–H and O–H groups in total. The highest BCUT2D eigenvalue weighted by Gasteiger charge is 2.42. The number of likely N-dealkylation sites (tertiary alicyclic amines) is 1. The molecule has 1 saturated heterocycles. The van der Waals surface area contributed by atoms with Crippen molar-refractivity contribution in [1.82, 2.24) is 4.90 Å². The van der Waals surface area contributed by atoms with Crippen molar-refractivity contribution in [2.24, 2.45) is 0 Å². The van der Waals surface area contributed by atoms with Crippen molar-refractivity contribution in [3.63, 3.8) is 0 Å². The SMILES string of the molecule is CC(C)(C)OC(=O)N1C[C@H](Oc2ccc(C#N)c(F)c2)C[C@H]1C(=O)O. The van der Waals surface area contributed by atoms with Crippen molar-refractivity contribution < 1.29 is 28.6 Å². The Labute approximate surface area is 144 Å². The summed E-state index contributed by atoms with van der Waals surface area (Å²) >= 11 is 0. The first-order valence-corrected chi connectivity index (χ1v) is 7.69. The highest BCUT2D eigenvalue weighted by atomic mass is 19.1. The van der Waals surface area contributed by atoms with Crippen LogP contribution in [0.5, 0.6) is 5.75 Å². The molecule has 8 heteroatoms. The van der Waals surface area contributed by atoms with Crippen LogP contribution in [0, 0.1) is 17.1 Å². The van der Waals surface area contributed by atoms with Gasteiger partial charge >= 0.3 is 12.1 Å². The van der Waals surface area contributed by atoms with E-state index in [1.807, 2.05) is 0 Å². The first-order valence-electron chi connectivity index (χ1n) is 7.69. The van der Waals surface area contributed by atoms with E-state index in [0.717, 1.165) is 11.0 Å². The number of hydrogen-bond acceptors (Lipinski definition) is 5. The average molecular weight is 350 g/mol. The molecule has 1 amide bonds. The van der Waals surface area contributed by atoms with E-state index in [-0.39, 0.29) is 24.3 Å². The Hall–Kier alpha value is -2.82. The smallest absolute Gasteiger partial charge is 0.411 e. The molecule has 1 aromatic rings. The molecular formula is C17H19FN2O5. The van der Waals surface area contributed by atoms with Crippen LogP contribution in [0.1, 0.15) is 32.8 Å². The lowest BCUT2D eigenvalue weighted by Crippen LogP contribution is -2.43. The highest BCUT2D eigenvalue weighted by Crippen LogP contribution is 2.26. The number of hydrogen-bond donors (Lipinski definition) is 1. The second-order valence-corrected chi connectivity index (χ2v) is 6.72. The van der Waals surface area contributed by atoms with E-state index in [1.165, 1.54) is 12.1 Å². The topological polar surface area (TPSA) is 99.9 Å². The molecule has 0 spiro atoms. The van der Waals surface area contributed by atoms with Gasteiger partial charge in [0.2, 0.25) is 0 Å². The van der Waals surface area contributed by atoms with Crippen LogP contribution in [0.25, 0.3) is 0 Å². The third-order valence-electron chi connectivity index (χ3n) is 3.54. The van der Waals surface area contributed by atoms with Crippen LogP contribution in [-0.4, -0.2) is 46.4 Å². The number of rotatable bonds is 3. The van der Waals surface area contributed by atoms with Gasteiger partial charge in [-0.3, -0.25) is 4.90 Å². The predicted molar refractivity (Wildman–Crippen MR) is 84.5 cm³/mol. The summed E-state index contributed by atoms with van der Waals surface area (Å²) in [6, 6.07) is 4.39. The third kappa shape index (κ3) is 4.59. The van der Waals surface area contributed by atoms with Gasteiger partial charge in [-0.25, -0.2) is 14.0 Å². The Morgan fingerprint density at radius 3 is 2.60 bits per heavy atom. The Morgan fingerprint density at radius 2 is 2.08 bits per heavy atom. The first kappa shape index (κ1) is 18.5. The fourth-order valence-electron chi connectivity index (χ4n) is 2.49. The van der Waals surface area contributed by atoms with Crippen LogP contribution in [0.2, 0.25) is 0 Å². The molecule has 0 aliphatic carbocycles. The molecule has 0 radical (unpaired) electrons. The summed E-state index contributed by atoms with van der Waals surface area (Å²) in [5.41, 5.74) is -0.868. The molecule has 1 aromatic carbocycles. The van der Waals surface area contributed by atoms with Crippen molar-refractivity contribution in [1.29, 1.82) is 5.26 Å². The fraction of sp³-hybridized carbons (Fsp3) is 0.471.